The van der Waals surface area contributed by atoms with Crippen molar-refractivity contribution in [2.45, 2.75) is 44.7 Å². The Balaban J connectivity index is 1.59. The molecule has 126 valence electrons. The topological polar surface area (TPSA) is 85.2 Å². The number of nitrogens with one attached hydrogen (secondary N) is 2. The fourth-order valence-electron chi connectivity index (χ4n) is 3.10. The van der Waals surface area contributed by atoms with Gasteiger partial charge < -0.3 is 19.9 Å². The molecule has 1 aromatic rings. The molecule has 1 atom stereocenters. The number of ether oxygens (including phenoxy) is 1. The van der Waals surface area contributed by atoms with E-state index in [1.165, 1.54) is 6.42 Å². The molecule has 0 spiro atoms. The number of imidazole rings is 1. The number of carbonyl (C=O) groups is 2. The normalized spacial score (nSPS) is 20.5. The van der Waals surface area contributed by atoms with Gasteiger partial charge in [-0.3, -0.25) is 9.59 Å². The summed E-state index contributed by atoms with van der Waals surface area (Å²) in [6, 6.07) is 0.308. The van der Waals surface area contributed by atoms with E-state index in [0.717, 1.165) is 25.0 Å². The summed E-state index contributed by atoms with van der Waals surface area (Å²) < 4.78 is 6.88. The van der Waals surface area contributed by atoms with Gasteiger partial charge in [0.2, 0.25) is 5.91 Å². The Morgan fingerprint density at radius 2 is 2.22 bits per heavy atom. The van der Waals surface area contributed by atoms with Crippen molar-refractivity contribution in [3.8, 4) is 0 Å². The van der Waals surface area contributed by atoms with Crippen molar-refractivity contribution >= 4 is 11.8 Å². The summed E-state index contributed by atoms with van der Waals surface area (Å²) in [4.78, 5) is 28.7. The van der Waals surface area contributed by atoms with Gasteiger partial charge in [-0.2, -0.15) is 0 Å². The minimum absolute atomic E-state index is 0.0434. The summed E-state index contributed by atoms with van der Waals surface area (Å²) in [5, 5.41) is 5.91. The number of nitrogens with zero attached hydrogens (tertiary/aromatic N) is 2. The van der Waals surface area contributed by atoms with Crippen LogP contribution in [-0.2, 0) is 22.5 Å². The second-order valence-corrected chi connectivity index (χ2v) is 6.31. The third-order valence-electron chi connectivity index (χ3n) is 4.72. The summed E-state index contributed by atoms with van der Waals surface area (Å²) in [6.07, 6.45) is 6.44. The van der Waals surface area contributed by atoms with Gasteiger partial charge in [-0.25, -0.2) is 4.98 Å². The van der Waals surface area contributed by atoms with Gasteiger partial charge in [0.05, 0.1) is 24.5 Å². The number of rotatable bonds is 6. The van der Waals surface area contributed by atoms with Crippen molar-refractivity contribution in [2.24, 2.45) is 5.92 Å². The minimum Gasteiger partial charge on any atom is -0.383 e. The van der Waals surface area contributed by atoms with Crippen LogP contribution >= 0.6 is 0 Å². The first-order chi connectivity index (χ1) is 11.2. The van der Waals surface area contributed by atoms with Crippen LogP contribution in [0.3, 0.4) is 0 Å². The van der Waals surface area contributed by atoms with Crippen LogP contribution < -0.4 is 10.6 Å². The maximum Gasteiger partial charge on any atom is 0.271 e. The number of fused-ring (bicyclic) bond motifs is 1. The third kappa shape index (κ3) is 3.55. The second-order valence-electron chi connectivity index (χ2n) is 6.31. The second kappa shape index (κ2) is 7.12. The van der Waals surface area contributed by atoms with Crippen molar-refractivity contribution in [3.05, 3.63) is 17.7 Å². The van der Waals surface area contributed by atoms with E-state index in [2.05, 4.69) is 15.6 Å². The number of carbonyl (C=O) groups excluding carboxylic acids is 2. The molecule has 7 nitrogen and oxygen atoms in total. The van der Waals surface area contributed by atoms with Crippen LogP contribution in [-0.4, -0.2) is 47.7 Å². The molecule has 1 saturated carbocycles. The molecule has 2 heterocycles. The first kappa shape index (κ1) is 16.0. The molecular weight excluding hydrogens is 296 g/mol. The Hall–Kier alpha value is -1.89. The van der Waals surface area contributed by atoms with E-state index in [1.54, 1.807) is 13.4 Å². The first-order valence-electron chi connectivity index (χ1n) is 8.30. The van der Waals surface area contributed by atoms with E-state index < -0.39 is 0 Å². The van der Waals surface area contributed by atoms with Crippen molar-refractivity contribution < 1.29 is 14.3 Å². The van der Waals surface area contributed by atoms with Crippen molar-refractivity contribution in [1.82, 2.24) is 20.2 Å². The summed E-state index contributed by atoms with van der Waals surface area (Å²) >= 11 is 0. The molecule has 2 aliphatic rings. The van der Waals surface area contributed by atoms with Crippen LogP contribution in [0.15, 0.2) is 6.33 Å². The molecule has 23 heavy (non-hydrogen) atoms. The molecule has 0 radical (unpaired) electrons. The van der Waals surface area contributed by atoms with Gasteiger partial charge in [-0.1, -0.05) is 0 Å². The summed E-state index contributed by atoms with van der Waals surface area (Å²) in [6.45, 7) is 1.62. The predicted octanol–water partition coefficient (Wildman–Crippen LogP) is 0.490. The van der Waals surface area contributed by atoms with Crippen LogP contribution in [0.1, 0.15) is 41.9 Å². The highest BCUT2D eigenvalue weighted by molar-refractivity contribution is 5.93. The molecule has 7 heteroatoms. The summed E-state index contributed by atoms with van der Waals surface area (Å²) in [5.41, 5.74) is 1.47. The Kier molecular flexibility index (Phi) is 4.95. The number of amides is 2. The maximum atomic E-state index is 12.3. The standard InChI is InChI=1S/C16H24N4O3/c1-23-8-7-17-15(21)11-5-6-13-14(18-10-20(13)9-11)16(22)19-12-3-2-4-12/h10-12H,2-9H2,1H3,(H,17,21)(H,19,22). The number of hydrogen-bond donors (Lipinski definition) is 2. The molecule has 0 saturated heterocycles. The maximum absolute atomic E-state index is 12.3. The lowest BCUT2D eigenvalue weighted by atomic mass is 9.92. The molecule has 1 unspecified atom stereocenters. The summed E-state index contributed by atoms with van der Waals surface area (Å²) in [7, 11) is 1.61. The largest absolute Gasteiger partial charge is 0.383 e. The molecular formula is C16H24N4O3. The zero-order valence-electron chi connectivity index (χ0n) is 13.5. The van der Waals surface area contributed by atoms with E-state index in [1.807, 2.05) is 4.57 Å². The van der Waals surface area contributed by atoms with Crippen molar-refractivity contribution in [2.75, 3.05) is 20.3 Å². The van der Waals surface area contributed by atoms with Crippen molar-refractivity contribution in [1.29, 1.82) is 0 Å². The SMILES string of the molecule is COCCNC(=O)C1CCc2c(C(=O)NC3CCC3)ncn2C1. The predicted molar refractivity (Wildman–Crippen MR) is 84.0 cm³/mol. The van der Waals surface area contributed by atoms with Gasteiger partial charge in [0.1, 0.15) is 5.69 Å². The number of hydrogen-bond acceptors (Lipinski definition) is 4. The minimum atomic E-state index is -0.0774. The Bertz CT molecular complexity index is 580. The van der Waals surface area contributed by atoms with Gasteiger partial charge in [-0.05, 0) is 32.1 Å². The van der Waals surface area contributed by atoms with E-state index in [4.69, 9.17) is 4.74 Å². The summed E-state index contributed by atoms with van der Waals surface area (Å²) in [5.74, 6) is -0.107. The Morgan fingerprint density at radius 3 is 2.91 bits per heavy atom. The fraction of sp³-hybridized carbons (Fsp3) is 0.688. The quantitative estimate of drug-likeness (QED) is 0.747. The van der Waals surface area contributed by atoms with Crippen molar-refractivity contribution in [3.63, 3.8) is 0 Å². The van der Waals surface area contributed by atoms with E-state index in [-0.39, 0.29) is 17.7 Å². The molecule has 1 aromatic heterocycles. The smallest absolute Gasteiger partial charge is 0.271 e. The lowest BCUT2D eigenvalue weighted by Crippen LogP contribution is -2.40. The molecule has 0 aromatic carbocycles. The highest BCUT2D eigenvalue weighted by Crippen LogP contribution is 2.24. The van der Waals surface area contributed by atoms with Crippen LogP contribution in [0.4, 0.5) is 0 Å². The van der Waals surface area contributed by atoms with Gasteiger partial charge in [-0.15, -0.1) is 0 Å². The molecule has 2 N–H and O–H groups in total. The van der Waals surface area contributed by atoms with Crippen LogP contribution in [0.25, 0.3) is 0 Å². The van der Waals surface area contributed by atoms with Gasteiger partial charge in [0.25, 0.3) is 5.91 Å². The van der Waals surface area contributed by atoms with E-state index in [9.17, 15) is 9.59 Å². The Morgan fingerprint density at radius 1 is 1.39 bits per heavy atom. The first-order valence-corrected chi connectivity index (χ1v) is 8.30. The number of methoxy groups -OCH3 is 1. The average Bonchev–Trinajstić information content (AvgIpc) is 2.94. The van der Waals surface area contributed by atoms with E-state index >= 15 is 0 Å². The molecule has 3 rings (SSSR count). The highest BCUT2D eigenvalue weighted by atomic mass is 16.5. The van der Waals surface area contributed by atoms with Gasteiger partial charge in [0.15, 0.2) is 0 Å². The lowest BCUT2D eigenvalue weighted by molar-refractivity contribution is -0.126. The van der Waals surface area contributed by atoms with Crippen LogP contribution in [0.2, 0.25) is 0 Å². The van der Waals surface area contributed by atoms with Crippen LogP contribution in [0, 0.1) is 5.92 Å². The zero-order chi connectivity index (χ0) is 16.2. The van der Waals surface area contributed by atoms with Crippen LogP contribution in [0.5, 0.6) is 0 Å². The Labute approximate surface area is 135 Å². The molecule has 1 fully saturated rings. The third-order valence-corrected chi connectivity index (χ3v) is 4.72. The average molecular weight is 320 g/mol. The monoisotopic (exact) mass is 320 g/mol. The molecule has 0 bridgehead atoms. The zero-order valence-corrected chi connectivity index (χ0v) is 13.5. The molecule has 1 aliphatic heterocycles. The van der Waals surface area contributed by atoms with E-state index in [0.29, 0.717) is 37.9 Å². The molecule has 2 amide bonds. The number of aromatic nitrogens is 2. The highest BCUT2D eigenvalue weighted by Gasteiger charge is 2.29. The molecule has 1 aliphatic carbocycles. The van der Waals surface area contributed by atoms with Gasteiger partial charge >= 0.3 is 0 Å². The van der Waals surface area contributed by atoms with Gasteiger partial charge in [0, 0.05) is 26.2 Å². The lowest BCUT2D eigenvalue weighted by Gasteiger charge is -2.27. The fourth-order valence-corrected chi connectivity index (χ4v) is 3.10.